The maximum Gasteiger partial charge on any atom is -0.0200 e. The standard InChI is InChI=1S/C13H22/c1-10-3-6-12(7-4-10)13-8-5-11(2)9-13/h5,8,10-13H,3-4,6-7,9H2,1-2H3. The lowest BCUT2D eigenvalue weighted by molar-refractivity contribution is 0.232. The predicted octanol–water partition coefficient (Wildman–Crippen LogP) is 4.02. The second-order valence-corrected chi connectivity index (χ2v) is 5.28. The highest BCUT2D eigenvalue weighted by Gasteiger charge is 2.27. The molecule has 2 atom stereocenters. The molecule has 0 nitrogen and oxygen atoms in total. The first kappa shape index (κ1) is 9.30. The van der Waals surface area contributed by atoms with Gasteiger partial charge < -0.3 is 0 Å². The number of hydrogen-bond acceptors (Lipinski definition) is 0. The molecule has 13 heavy (non-hydrogen) atoms. The zero-order valence-corrected chi connectivity index (χ0v) is 9.00. The van der Waals surface area contributed by atoms with Crippen molar-refractivity contribution >= 4 is 0 Å². The first-order valence-corrected chi connectivity index (χ1v) is 5.94. The summed E-state index contributed by atoms with van der Waals surface area (Å²) in [5.74, 6) is 3.81. The van der Waals surface area contributed by atoms with Crippen LogP contribution in [-0.2, 0) is 0 Å². The minimum absolute atomic E-state index is 0.851. The first-order chi connectivity index (χ1) is 6.25. The molecule has 2 aliphatic rings. The van der Waals surface area contributed by atoms with E-state index in [1.54, 1.807) is 0 Å². The first-order valence-electron chi connectivity index (χ1n) is 5.94. The molecule has 0 radical (unpaired) electrons. The topological polar surface area (TPSA) is 0 Å². The molecule has 0 N–H and O–H groups in total. The van der Waals surface area contributed by atoms with Gasteiger partial charge in [-0.2, -0.15) is 0 Å². The Bertz CT molecular complexity index is 184. The molecular weight excluding hydrogens is 156 g/mol. The average molecular weight is 178 g/mol. The lowest BCUT2D eigenvalue weighted by atomic mass is 9.76. The van der Waals surface area contributed by atoms with Crippen molar-refractivity contribution in [3.8, 4) is 0 Å². The minimum Gasteiger partial charge on any atom is -0.0854 e. The molecule has 2 rings (SSSR count). The quantitative estimate of drug-likeness (QED) is 0.532. The summed E-state index contributed by atoms with van der Waals surface area (Å²) in [5, 5.41) is 0. The molecule has 0 aliphatic heterocycles. The van der Waals surface area contributed by atoms with E-state index < -0.39 is 0 Å². The van der Waals surface area contributed by atoms with Crippen LogP contribution in [0.15, 0.2) is 12.2 Å². The van der Waals surface area contributed by atoms with Gasteiger partial charge in [-0.05, 0) is 42.9 Å². The second-order valence-electron chi connectivity index (χ2n) is 5.28. The van der Waals surface area contributed by atoms with Gasteiger partial charge in [-0.25, -0.2) is 0 Å². The van der Waals surface area contributed by atoms with Crippen LogP contribution in [0.3, 0.4) is 0 Å². The highest BCUT2D eigenvalue weighted by atomic mass is 14.3. The van der Waals surface area contributed by atoms with Crippen molar-refractivity contribution in [1.29, 1.82) is 0 Å². The van der Waals surface area contributed by atoms with Gasteiger partial charge in [0.05, 0.1) is 0 Å². The highest BCUT2D eigenvalue weighted by molar-refractivity contribution is 5.02. The van der Waals surface area contributed by atoms with Crippen LogP contribution in [0.4, 0.5) is 0 Å². The summed E-state index contributed by atoms with van der Waals surface area (Å²) < 4.78 is 0. The summed E-state index contributed by atoms with van der Waals surface area (Å²) in [7, 11) is 0. The van der Waals surface area contributed by atoms with Crippen LogP contribution >= 0.6 is 0 Å². The van der Waals surface area contributed by atoms with Gasteiger partial charge in [-0.1, -0.05) is 38.8 Å². The Kier molecular flexibility index (Phi) is 2.76. The molecule has 0 saturated heterocycles. The van der Waals surface area contributed by atoms with Crippen LogP contribution < -0.4 is 0 Å². The van der Waals surface area contributed by atoms with E-state index in [0.717, 1.165) is 23.7 Å². The van der Waals surface area contributed by atoms with Gasteiger partial charge in [0.2, 0.25) is 0 Å². The lowest BCUT2D eigenvalue weighted by Gasteiger charge is -2.30. The summed E-state index contributed by atoms with van der Waals surface area (Å²) in [5.41, 5.74) is 0. The molecule has 1 fully saturated rings. The largest absolute Gasteiger partial charge is 0.0854 e. The summed E-state index contributed by atoms with van der Waals surface area (Å²) >= 11 is 0. The van der Waals surface area contributed by atoms with Gasteiger partial charge in [0.25, 0.3) is 0 Å². The van der Waals surface area contributed by atoms with Crippen molar-refractivity contribution in [3.05, 3.63) is 12.2 Å². The van der Waals surface area contributed by atoms with E-state index in [9.17, 15) is 0 Å². The molecular formula is C13H22. The monoisotopic (exact) mass is 178 g/mol. The lowest BCUT2D eigenvalue weighted by Crippen LogP contribution is -2.18. The fourth-order valence-electron chi connectivity index (χ4n) is 2.98. The van der Waals surface area contributed by atoms with E-state index >= 15 is 0 Å². The summed E-state index contributed by atoms with van der Waals surface area (Å²) in [6.07, 6.45) is 12.3. The zero-order valence-electron chi connectivity index (χ0n) is 9.00. The molecule has 0 amide bonds. The summed E-state index contributed by atoms with van der Waals surface area (Å²) in [4.78, 5) is 0. The minimum atomic E-state index is 0.851. The molecule has 2 unspecified atom stereocenters. The number of allylic oxidation sites excluding steroid dienone is 2. The fourth-order valence-corrected chi connectivity index (χ4v) is 2.98. The average Bonchev–Trinajstić information content (AvgIpc) is 2.53. The van der Waals surface area contributed by atoms with Crippen molar-refractivity contribution in [3.63, 3.8) is 0 Å². The van der Waals surface area contributed by atoms with Crippen LogP contribution in [-0.4, -0.2) is 0 Å². The van der Waals surface area contributed by atoms with E-state index in [0.29, 0.717) is 0 Å². The van der Waals surface area contributed by atoms with Gasteiger partial charge in [0.1, 0.15) is 0 Å². The molecule has 1 saturated carbocycles. The SMILES string of the molecule is CC1C=CC(C2CCC(C)CC2)C1. The van der Waals surface area contributed by atoms with Crippen LogP contribution in [0.1, 0.15) is 46.0 Å². The van der Waals surface area contributed by atoms with Crippen LogP contribution in [0.2, 0.25) is 0 Å². The van der Waals surface area contributed by atoms with Crippen LogP contribution in [0.25, 0.3) is 0 Å². The van der Waals surface area contributed by atoms with E-state index in [1.807, 2.05) is 0 Å². The van der Waals surface area contributed by atoms with E-state index in [1.165, 1.54) is 32.1 Å². The Hall–Kier alpha value is -0.260. The van der Waals surface area contributed by atoms with Crippen molar-refractivity contribution in [1.82, 2.24) is 0 Å². The van der Waals surface area contributed by atoms with Gasteiger partial charge in [0, 0.05) is 0 Å². The predicted molar refractivity (Wildman–Crippen MR) is 57.5 cm³/mol. The Morgan fingerprint density at radius 3 is 2.15 bits per heavy atom. The number of hydrogen-bond donors (Lipinski definition) is 0. The molecule has 0 spiro atoms. The molecule has 0 bridgehead atoms. The molecule has 74 valence electrons. The zero-order chi connectivity index (χ0) is 9.26. The molecule has 0 aromatic rings. The molecule has 0 aromatic carbocycles. The molecule has 0 heteroatoms. The normalized spacial score (nSPS) is 45.4. The summed E-state index contributed by atoms with van der Waals surface area (Å²) in [6.45, 7) is 4.76. The Labute approximate surface area is 82.4 Å². The van der Waals surface area contributed by atoms with Crippen molar-refractivity contribution in [2.45, 2.75) is 46.0 Å². The third-order valence-corrected chi connectivity index (χ3v) is 4.00. The van der Waals surface area contributed by atoms with Gasteiger partial charge in [0.15, 0.2) is 0 Å². The molecule has 0 aromatic heterocycles. The fraction of sp³-hybridized carbons (Fsp3) is 0.846. The molecule has 2 aliphatic carbocycles. The smallest absolute Gasteiger partial charge is 0.0200 e. The Balaban J connectivity index is 1.85. The van der Waals surface area contributed by atoms with Crippen molar-refractivity contribution in [2.24, 2.45) is 23.7 Å². The molecule has 0 heterocycles. The van der Waals surface area contributed by atoms with Crippen molar-refractivity contribution in [2.75, 3.05) is 0 Å². The Morgan fingerprint density at radius 2 is 1.62 bits per heavy atom. The maximum absolute atomic E-state index is 2.49. The summed E-state index contributed by atoms with van der Waals surface area (Å²) in [6, 6.07) is 0. The van der Waals surface area contributed by atoms with Crippen LogP contribution in [0, 0.1) is 23.7 Å². The third kappa shape index (κ3) is 2.15. The number of rotatable bonds is 1. The van der Waals surface area contributed by atoms with Crippen molar-refractivity contribution < 1.29 is 0 Å². The van der Waals surface area contributed by atoms with Gasteiger partial charge in [-0.15, -0.1) is 0 Å². The third-order valence-electron chi connectivity index (χ3n) is 4.00. The highest BCUT2D eigenvalue weighted by Crippen LogP contribution is 2.39. The van der Waals surface area contributed by atoms with E-state index in [4.69, 9.17) is 0 Å². The van der Waals surface area contributed by atoms with Gasteiger partial charge >= 0.3 is 0 Å². The van der Waals surface area contributed by atoms with E-state index in [-0.39, 0.29) is 0 Å². The Morgan fingerprint density at radius 1 is 0.923 bits per heavy atom. The van der Waals surface area contributed by atoms with Crippen LogP contribution in [0.5, 0.6) is 0 Å². The second kappa shape index (κ2) is 3.86. The van der Waals surface area contributed by atoms with Gasteiger partial charge in [-0.3, -0.25) is 0 Å². The van der Waals surface area contributed by atoms with E-state index in [2.05, 4.69) is 26.0 Å². The maximum atomic E-state index is 2.49.